The van der Waals surface area contributed by atoms with Crippen molar-refractivity contribution < 1.29 is 0 Å². The first-order valence-corrected chi connectivity index (χ1v) is 7.90. The van der Waals surface area contributed by atoms with Crippen LogP contribution in [0.1, 0.15) is 33.6 Å². The molecule has 1 aromatic rings. The maximum absolute atomic E-state index is 6.18. The summed E-state index contributed by atoms with van der Waals surface area (Å²) in [4.78, 5) is 5.08. The highest BCUT2D eigenvalue weighted by Gasteiger charge is 2.39. The maximum atomic E-state index is 6.18. The molecule has 0 aliphatic carbocycles. The molecular formula is C17H29N3. The minimum atomic E-state index is 0.189. The largest absolute Gasteiger partial charge is 0.371 e. The second-order valence-electron chi connectivity index (χ2n) is 6.13. The molecule has 0 unspecified atom stereocenters. The molecule has 1 fully saturated rings. The van der Waals surface area contributed by atoms with E-state index in [9.17, 15) is 0 Å². The lowest BCUT2D eigenvalue weighted by Crippen LogP contribution is -2.61. The van der Waals surface area contributed by atoms with Crippen LogP contribution in [0.15, 0.2) is 30.3 Å². The van der Waals surface area contributed by atoms with Crippen LogP contribution in [0, 0.1) is 0 Å². The van der Waals surface area contributed by atoms with E-state index in [1.165, 1.54) is 5.69 Å². The highest BCUT2D eigenvalue weighted by molar-refractivity contribution is 5.46. The smallest absolute Gasteiger partial charge is 0.0367 e. The lowest BCUT2D eigenvalue weighted by molar-refractivity contribution is 0.0457. The third-order valence-corrected chi connectivity index (χ3v) is 4.77. The molecule has 3 heteroatoms. The SMILES string of the molecule is CCN(C(C)C)C1(CN)CCN(c2ccccc2)CC1. The van der Waals surface area contributed by atoms with E-state index in [1.54, 1.807) is 0 Å². The van der Waals surface area contributed by atoms with Crippen LogP contribution in [-0.2, 0) is 0 Å². The molecule has 1 heterocycles. The van der Waals surface area contributed by atoms with Crippen molar-refractivity contribution in [3.05, 3.63) is 30.3 Å². The van der Waals surface area contributed by atoms with Gasteiger partial charge in [0.2, 0.25) is 0 Å². The molecule has 0 bridgehead atoms. The highest BCUT2D eigenvalue weighted by atomic mass is 15.3. The van der Waals surface area contributed by atoms with Crippen LogP contribution in [0.5, 0.6) is 0 Å². The van der Waals surface area contributed by atoms with Crippen LogP contribution >= 0.6 is 0 Å². The van der Waals surface area contributed by atoms with Crippen molar-refractivity contribution in [1.82, 2.24) is 4.90 Å². The van der Waals surface area contributed by atoms with Crippen molar-refractivity contribution in [3.8, 4) is 0 Å². The lowest BCUT2D eigenvalue weighted by atomic mass is 9.84. The highest BCUT2D eigenvalue weighted by Crippen LogP contribution is 2.31. The number of para-hydroxylation sites is 1. The molecule has 3 nitrogen and oxygen atoms in total. The van der Waals surface area contributed by atoms with Gasteiger partial charge in [0.1, 0.15) is 0 Å². The Hall–Kier alpha value is -1.06. The Balaban J connectivity index is 2.08. The molecule has 20 heavy (non-hydrogen) atoms. The molecule has 1 aliphatic heterocycles. The van der Waals surface area contributed by atoms with Crippen LogP contribution in [0.25, 0.3) is 0 Å². The summed E-state index contributed by atoms with van der Waals surface area (Å²) in [6.07, 6.45) is 2.31. The van der Waals surface area contributed by atoms with E-state index in [0.717, 1.165) is 39.0 Å². The van der Waals surface area contributed by atoms with E-state index in [-0.39, 0.29) is 5.54 Å². The number of rotatable bonds is 5. The van der Waals surface area contributed by atoms with Gasteiger partial charge in [-0.15, -0.1) is 0 Å². The minimum absolute atomic E-state index is 0.189. The van der Waals surface area contributed by atoms with Crippen LogP contribution < -0.4 is 10.6 Å². The zero-order valence-electron chi connectivity index (χ0n) is 13.2. The fourth-order valence-corrected chi connectivity index (χ4v) is 3.68. The summed E-state index contributed by atoms with van der Waals surface area (Å²) < 4.78 is 0. The van der Waals surface area contributed by atoms with Crippen molar-refractivity contribution in [1.29, 1.82) is 0 Å². The van der Waals surface area contributed by atoms with Gasteiger partial charge in [-0.05, 0) is 45.4 Å². The predicted octanol–water partition coefficient (Wildman–Crippen LogP) is 2.71. The summed E-state index contributed by atoms with van der Waals surface area (Å²) in [7, 11) is 0. The first-order chi connectivity index (χ1) is 9.63. The van der Waals surface area contributed by atoms with Crippen LogP contribution in [0.3, 0.4) is 0 Å². The van der Waals surface area contributed by atoms with Crippen molar-refractivity contribution in [2.45, 2.75) is 45.2 Å². The van der Waals surface area contributed by atoms with Crippen molar-refractivity contribution in [2.75, 3.05) is 31.1 Å². The summed E-state index contributed by atoms with van der Waals surface area (Å²) in [5.41, 5.74) is 7.70. The van der Waals surface area contributed by atoms with Crippen LogP contribution in [0.2, 0.25) is 0 Å². The van der Waals surface area contributed by atoms with Gasteiger partial charge in [-0.25, -0.2) is 0 Å². The number of anilines is 1. The number of likely N-dealkylation sites (N-methyl/N-ethyl adjacent to an activating group) is 1. The molecule has 1 aromatic carbocycles. The van der Waals surface area contributed by atoms with E-state index >= 15 is 0 Å². The normalized spacial score (nSPS) is 18.8. The van der Waals surface area contributed by atoms with Gasteiger partial charge in [-0.3, -0.25) is 4.90 Å². The number of nitrogens with zero attached hydrogens (tertiary/aromatic N) is 2. The molecule has 2 rings (SSSR count). The first kappa shape index (κ1) is 15.3. The number of nitrogens with two attached hydrogens (primary N) is 1. The molecular weight excluding hydrogens is 246 g/mol. The van der Waals surface area contributed by atoms with Gasteiger partial charge in [0.25, 0.3) is 0 Å². The molecule has 0 aromatic heterocycles. The Kier molecular flexibility index (Phi) is 5.06. The molecule has 1 saturated heterocycles. The molecule has 1 aliphatic rings. The summed E-state index contributed by atoms with van der Waals surface area (Å²) in [5, 5.41) is 0. The molecule has 0 atom stereocenters. The summed E-state index contributed by atoms with van der Waals surface area (Å²) in [5.74, 6) is 0. The van der Waals surface area contributed by atoms with Crippen molar-refractivity contribution >= 4 is 5.69 Å². The zero-order valence-corrected chi connectivity index (χ0v) is 13.2. The molecule has 112 valence electrons. The zero-order chi connectivity index (χ0) is 14.6. The average molecular weight is 275 g/mol. The summed E-state index contributed by atoms with van der Waals surface area (Å²) in [6.45, 7) is 10.9. The third kappa shape index (κ3) is 2.99. The van der Waals surface area contributed by atoms with Crippen LogP contribution in [-0.4, -0.2) is 42.7 Å². The first-order valence-electron chi connectivity index (χ1n) is 7.90. The van der Waals surface area contributed by atoms with E-state index in [4.69, 9.17) is 5.73 Å². The fraction of sp³-hybridized carbons (Fsp3) is 0.647. The molecule has 0 amide bonds. The van der Waals surface area contributed by atoms with Gasteiger partial charge in [0.15, 0.2) is 0 Å². The Morgan fingerprint density at radius 3 is 2.25 bits per heavy atom. The Labute approximate surface area is 123 Å². The van der Waals surface area contributed by atoms with Gasteiger partial charge >= 0.3 is 0 Å². The lowest BCUT2D eigenvalue weighted by Gasteiger charge is -2.50. The van der Waals surface area contributed by atoms with E-state index < -0.39 is 0 Å². The van der Waals surface area contributed by atoms with Gasteiger partial charge < -0.3 is 10.6 Å². The Bertz CT molecular complexity index is 394. The van der Waals surface area contributed by atoms with Crippen LogP contribution in [0.4, 0.5) is 5.69 Å². The molecule has 2 N–H and O–H groups in total. The number of piperidine rings is 1. The van der Waals surface area contributed by atoms with Crippen molar-refractivity contribution in [3.63, 3.8) is 0 Å². The second-order valence-corrected chi connectivity index (χ2v) is 6.13. The predicted molar refractivity (Wildman–Crippen MR) is 87.2 cm³/mol. The number of hydrogen-bond acceptors (Lipinski definition) is 3. The van der Waals surface area contributed by atoms with Gasteiger partial charge in [-0.2, -0.15) is 0 Å². The maximum Gasteiger partial charge on any atom is 0.0367 e. The second kappa shape index (κ2) is 6.59. The van der Waals surface area contributed by atoms with Gasteiger partial charge in [-0.1, -0.05) is 25.1 Å². The quantitative estimate of drug-likeness (QED) is 0.897. The monoisotopic (exact) mass is 275 g/mol. The standard InChI is InChI=1S/C17H29N3/c1-4-20(15(2)3)17(14-18)10-12-19(13-11-17)16-8-6-5-7-9-16/h5-9,15H,4,10-14,18H2,1-3H3. The van der Waals surface area contributed by atoms with E-state index in [0.29, 0.717) is 6.04 Å². The van der Waals surface area contributed by atoms with Crippen molar-refractivity contribution in [2.24, 2.45) is 5.73 Å². The van der Waals surface area contributed by atoms with E-state index in [1.807, 2.05) is 0 Å². The van der Waals surface area contributed by atoms with Gasteiger partial charge in [0.05, 0.1) is 0 Å². The Morgan fingerprint density at radius 1 is 1.20 bits per heavy atom. The number of benzene rings is 1. The molecule has 0 saturated carbocycles. The fourth-order valence-electron chi connectivity index (χ4n) is 3.68. The minimum Gasteiger partial charge on any atom is -0.371 e. The summed E-state index contributed by atoms with van der Waals surface area (Å²) >= 11 is 0. The Morgan fingerprint density at radius 2 is 1.80 bits per heavy atom. The van der Waals surface area contributed by atoms with E-state index in [2.05, 4.69) is 60.9 Å². The third-order valence-electron chi connectivity index (χ3n) is 4.77. The molecule has 0 spiro atoms. The van der Waals surface area contributed by atoms with Gasteiger partial charge in [0, 0.05) is 36.9 Å². The molecule has 0 radical (unpaired) electrons. The summed E-state index contributed by atoms with van der Waals surface area (Å²) in [6, 6.07) is 11.3. The topological polar surface area (TPSA) is 32.5 Å². The average Bonchev–Trinajstić information content (AvgIpc) is 2.49. The number of hydrogen-bond donors (Lipinski definition) is 1.